The van der Waals surface area contributed by atoms with Gasteiger partial charge in [0.2, 0.25) is 0 Å². The molecule has 4 aromatic rings. The lowest BCUT2D eigenvalue weighted by Gasteiger charge is -2.25. The third-order valence-electron chi connectivity index (χ3n) is 6.51. The number of rotatable bonds is 8. The lowest BCUT2D eigenvalue weighted by Crippen LogP contribution is -2.40. The van der Waals surface area contributed by atoms with Crippen molar-refractivity contribution in [2.24, 2.45) is 4.99 Å². The van der Waals surface area contributed by atoms with Gasteiger partial charge in [-0.05, 0) is 79.9 Å². The van der Waals surface area contributed by atoms with Crippen LogP contribution in [0.15, 0.2) is 93.9 Å². The topological polar surface area (TPSA) is 79.1 Å². The Bertz CT molecular complexity index is 1770. The van der Waals surface area contributed by atoms with Crippen LogP contribution in [0.5, 0.6) is 11.5 Å². The van der Waals surface area contributed by atoms with Gasteiger partial charge in [0, 0.05) is 5.02 Å². The predicted octanol–water partition coefficient (Wildman–Crippen LogP) is 5.43. The quantitative estimate of drug-likeness (QED) is 0.257. The Hall–Kier alpha value is -4.14. The molecule has 210 valence electrons. The molecule has 1 unspecified atom stereocenters. The molecule has 5 rings (SSSR count). The molecule has 0 radical (unpaired) electrons. The minimum atomic E-state index is -0.689. The molecule has 0 fully saturated rings. The number of hydrogen-bond acceptors (Lipinski definition) is 7. The van der Waals surface area contributed by atoms with E-state index in [9.17, 15) is 9.59 Å². The second-order valence-electron chi connectivity index (χ2n) is 9.79. The maximum atomic E-state index is 13.8. The van der Waals surface area contributed by atoms with Crippen molar-refractivity contribution in [1.82, 2.24) is 4.57 Å². The summed E-state index contributed by atoms with van der Waals surface area (Å²) in [5.74, 6) is 1.01. The average Bonchev–Trinajstić information content (AvgIpc) is 3.26. The number of halogens is 1. The normalized spacial score (nSPS) is 15.0. The molecule has 1 atom stereocenters. The van der Waals surface area contributed by atoms with E-state index in [0.717, 1.165) is 22.4 Å². The first-order valence-corrected chi connectivity index (χ1v) is 14.3. The van der Waals surface area contributed by atoms with Gasteiger partial charge in [0.15, 0.2) is 4.80 Å². The number of methoxy groups -OCH3 is 1. The highest BCUT2D eigenvalue weighted by molar-refractivity contribution is 7.07. The Balaban J connectivity index is 1.46. The number of thiazole rings is 1. The molecule has 7 nitrogen and oxygen atoms in total. The first-order valence-electron chi connectivity index (χ1n) is 13.1. The Morgan fingerprint density at radius 1 is 1.02 bits per heavy atom. The highest BCUT2D eigenvalue weighted by atomic mass is 35.5. The van der Waals surface area contributed by atoms with E-state index in [1.165, 1.54) is 11.3 Å². The van der Waals surface area contributed by atoms with Gasteiger partial charge in [-0.25, -0.2) is 9.79 Å². The third kappa shape index (κ3) is 6.29. The van der Waals surface area contributed by atoms with Gasteiger partial charge < -0.3 is 14.2 Å². The average molecular weight is 589 g/mol. The molecule has 9 heteroatoms. The summed E-state index contributed by atoms with van der Waals surface area (Å²) in [6.07, 6.45) is 1.50. The van der Waals surface area contributed by atoms with Gasteiger partial charge in [0.25, 0.3) is 5.56 Å². The summed E-state index contributed by atoms with van der Waals surface area (Å²) >= 11 is 7.42. The maximum absolute atomic E-state index is 13.8. The number of carbonyl (C=O) groups excluding carboxylic acids is 1. The summed E-state index contributed by atoms with van der Waals surface area (Å²) in [7, 11) is 1.63. The van der Waals surface area contributed by atoms with E-state index in [2.05, 4.69) is 4.99 Å². The smallest absolute Gasteiger partial charge is 0.338 e. The molecule has 0 N–H and O–H groups in total. The fourth-order valence-electron chi connectivity index (χ4n) is 4.52. The number of carbonyl (C=O) groups is 1. The van der Waals surface area contributed by atoms with E-state index >= 15 is 0 Å². The van der Waals surface area contributed by atoms with Gasteiger partial charge >= 0.3 is 5.97 Å². The molecule has 0 aliphatic carbocycles. The van der Waals surface area contributed by atoms with Crippen LogP contribution in [0.25, 0.3) is 6.08 Å². The zero-order chi connectivity index (χ0) is 29.1. The molecule has 0 spiro atoms. The Morgan fingerprint density at radius 3 is 2.32 bits per heavy atom. The van der Waals surface area contributed by atoms with Gasteiger partial charge in [0.05, 0.1) is 35.1 Å². The van der Waals surface area contributed by atoms with E-state index in [-0.39, 0.29) is 11.7 Å². The van der Waals surface area contributed by atoms with Crippen LogP contribution in [0, 0.1) is 0 Å². The fraction of sp³-hybridized carbons (Fsp3) is 0.219. The molecule has 3 aromatic carbocycles. The first kappa shape index (κ1) is 28.4. The number of fused-ring (bicyclic) bond motifs is 1. The van der Waals surface area contributed by atoms with E-state index in [0.29, 0.717) is 38.0 Å². The number of nitrogens with zero attached hydrogens (tertiary/aromatic N) is 2. The summed E-state index contributed by atoms with van der Waals surface area (Å²) in [6.45, 7) is 5.76. The molecule has 1 aliphatic heterocycles. The number of hydrogen-bond donors (Lipinski definition) is 0. The van der Waals surface area contributed by atoms with Crippen LogP contribution >= 0.6 is 22.9 Å². The molecule has 41 heavy (non-hydrogen) atoms. The Morgan fingerprint density at radius 2 is 1.68 bits per heavy atom. The van der Waals surface area contributed by atoms with E-state index < -0.39 is 12.0 Å². The molecule has 1 aliphatic rings. The summed E-state index contributed by atoms with van der Waals surface area (Å²) < 4.78 is 18.7. The monoisotopic (exact) mass is 588 g/mol. The van der Waals surface area contributed by atoms with E-state index in [1.54, 1.807) is 44.6 Å². The minimum absolute atomic E-state index is 0.240. The summed E-state index contributed by atoms with van der Waals surface area (Å²) in [6, 6.07) is 21.7. The molecular formula is C32H29ClN2O5S. The zero-order valence-corrected chi connectivity index (χ0v) is 24.7. The van der Waals surface area contributed by atoms with Crippen LogP contribution in [-0.2, 0) is 16.1 Å². The van der Waals surface area contributed by atoms with Crippen LogP contribution in [-0.4, -0.2) is 23.8 Å². The molecule has 0 bridgehead atoms. The first-order chi connectivity index (χ1) is 19.7. The Labute approximate surface area is 246 Å². The van der Waals surface area contributed by atoms with Crippen LogP contribution in [0.4, 0.5) is 0 Å². The number of esters is 1. The van der Waals surface area contributed by atoms with Crippen molar-refractivity contribution in [1.29, 1.82) is 0 Å². The van der Waals surface area contributed by atoms with Crippen molar-refractivity contribution in [3.63, 3.8) is 0 Å². The van der Waals surface area contributed by atoms with E-state index in [1.807, 2.05) is 66.7 Å². The molecule has 0 saturated carbocycles. The van der Waals surface area contributed by atoms with Crippen LogP contribution in [0.1, 0.15) is 43.5 Å². The number of ether oxygens (including phenoxy) is 3. The Kier molecular flexibility index (Phi) is 8.42. The van der Waals surface area contributed by atoms with Crippen molar-refractivity contribution < 1.29 is 19.0 Å². The lowest BCUT2D eigenvalue weighted by atomic mass is 9.96. The molecule has 0 saturated heterocycles. The molecule has 2 heterocycles. The number of benzene rings is 3. The molecule has 1 aromatic heterocycles. The largest absolute Gasteiger partial charge is 0.497 e. The van der Waals surface area contributed by atoms with E-state index in [4.69, 9.17) is 25.8 Å². The van der Waals surface area contributed by atoms with Crippen LogP contribution < -0.4 is 24.4 Å². The second kappa shape index (κ2) is 12.2. The highest BCUT2D eigenvalue weighted by Crippen LogP contribution is 2.31. The maximum Gasteiger partial charge on any atom is 0.338 e. The van der Waals surface area contributed by atoms with Gasteiger partial charge in [-0.3, -0.25) is 9.36 Å². The standard InChI is InChI=1S/C32H29ClN2O5S/c1-19(2)40-31(37)28-20(3)34-32-35(29(28)23-9-11-24(33)12-10-23)30(36)27(41-32)17-21-5-15-26(16-6-21)39-18-22-7-13-25(38-4)14-8-22/h5-17,19,29H,18H2,1-4H3. The zero-order valence-electron chi connectivity index (χ0n) is 23.1. The fourth-order valence-corrected chi connectivity index (χ4v) is 5.69. The summed E-state index contributed by atoms with van der Waals surface area (Å²) in [4.78, 5) is 32.1. The SMILES string of the molecule is COc1ccc(COc2ccc(C=c3sc4n(c3=O)C(c3ccc(Cl)cc3)C(C(=O)OC(C)C)=C(C)N=4)cc2)cc1. The van der Waals surface area contributed by atoms with Crippen LogP contribution in [0.2, 0.25) is 5.02 Å². The van der Waals surface area contributed by atoms with Crippen molar-refractivity contribution in [3.05, 3.63) is 125 Å². The van der Waals surface area contributed by atoms with Gasteiger partial charge in [-0.2, -0.15) is 0 Å². The van der Waals surface area contributed by atoms with Crippen molar-refractivity contribution in [2.75, 3.05) is 7.11 Å². The lowest BCUT2D eigenvalue weighted by molar-refractivity contribution is -0.143. The third-order valence-corrected chi connectivity index (χ3v) is 7.75. The van der Waals surface area contributed by atoms with Crippen molar-refractivity contribution >= 4 is 35.0 Å². The van der Waals surface area contributed by atoms with Gasteiger partial charge in [0.1, 0.15) is 18.1 Å². The second-order valence-corrected chi connectivity index (χ2v) is 11.2. The van der Waals surface area contributed by atoms with Gasteiger partial charge in [-0.15, -0.1) is 0 Å². The summed E-state index contributed by atoms with van der Waals surface area (Å²) in [5, 5.41) is 0.560. The highest BCUT2D eigenvalue weighted by Gasteiger charge is 2.33. The molecular weight excluding hydrogens is 560 g/mol. The number of allylic oxidation sites excluding steroid dienone is 1. The molecule has 0 amide bonds. The van der Waals surface area contributed by atoms with Crippen LogP contribution in [0.3, 0.4) is 0 Å². The minimum Gasteiger partial charge on any atom is -0.497 e. The van der Waals surface area contributed by atoms with Crippen molar-refractivity contribution in [3.8, 4) is 11.5 Å². The predicted molar refractivity (Wildman–Crippen MR) is 160 cm³/mol. The van der Waals surface area contributed by atoms with Crippen molar-refractivity contribution in [2.45, 2.75) is 39.5 Å². The number of aromatic nitrogens is 1. The summed E-state index contributed by atoms with van der Waals surface area (Å²) in [5.41, 5.74) is 3.21. The van der Waals surface area contributed by atoms with Gasteiger partial charge in [-0.1, -0.05) is 59.3 Å².